The molecule has 0 aliphatic heterocycles. The fourth-order valence-corrected chi connectivity index (χ4v) is 2.09. The van der Waals surface area contributed by atoms with E-state index in [2.05, 4.69) is 22.9 Å². The molecule has 21 heavy (non-hydrogen) atoms. The van der Waals surface area contributed by atoms with Crippen LogP contribution in [0.3, 0.4) is 0 Å². The van der Waals surface area contributed by atoms with Gasteiger partial charge in [0.1, 0.15) is 0 Å². The molecule has 0 saturated heterocycles. The van der Waals surface area contributed by atoms with E-state index in [0.717, 1.165) is 32.1 Å². The van der Waals surface area contributed by atoms with Crippen LogP contribution in [0.1, 0.15) is 59.3 Å². The standard InChI is InChI=1S/C15H32N4O2/c1-4-7-12(2)18-15(21)19-13(3)8-5-6-11-17-14(20)9-10-16/h12-13H,4-11,16H2,1-3H3,(H,17,20)(H2,18,19,21)/t12-,13?/m1/s1. The summed E-state index contributed by atoms with van der Waals surface area (Å²) in [5.74, 6) is 0.00737. The topological polar surface area (TPSA) is 96.2 Å². The molecule has 2 atom stereocenters. The first kappa shape index (κ1) is 19.7. The Kier molecular flexibility index (Phi) is 11.7. The van der Waals surface area contributed by atoms with Crippen LogP contribution in [-0.4, -0.2) is 37.1 Å². The number of rotatable bonds is 11. The molecule has 6 heteroatoms. The Bertz CT molecular complexity index is 297. The third-order valence-electron chi connectivity index (χ3n) is 3.23. The van der Waals surface area contributed by atoms with Gasteiger partial charge >= 0.3 is 6.03 Å². The highest BCUT2D eigenvalue weighted by atomic mass is 16.2. The minimum absolute atomic E-state index is 0.00737. The van der Waals surface area contributed by atoms with Gasteiger partial charge in [0.05, 0.1) is 0 Å². The average Bonchev–Trinajstić information content (AvgIpc) is 2.38. The number of unbranched alkanes of at least 4 members (excludes halogenated alkanes) is 1. The van der Waals surface area contributed by atoms with Crippen LogP contribution in [0.15, 0.2) is 0 Å². The maximum atomic E-state index is 11.7. The van der Waals surface area contributed by atoms with E-state index in [4.69, 9.17) is 5.73 Å². The second-order valence-electron chi connectivity index (χ2n) is 5.59. The van der Waals surface area contributed by atoms with E-state index in [1.807, 2.05) is 13.8 Å². The minimum atomic E-state index is -0.0975. The summed E-state index contributed by atoms with van der Waals surface area (Å²) in [6, 6.07) is 0.248. The van der Waals surface area contributed by atoms with Crippen LogP contribution in [0.25, 0.3) is 0 Å². The summed E-state index contributed by atoms with van der Waals surface area (Å²) in [5.41, 5.74) is 5.29. The Hall–Kier alpha value is -1.30. The van der Waals surface area contributed by atoms with Gasteiger partial charge in [0.2, 0.25) is 5.91 Å². The van der Waals surface area contributed by atoms with Crippen molar-refractivity contribution in [3.8, 4) is 0 Å². The Morgan fingerprint density at radius 3 is 2.24 bits per heavy atom. The Balaban J connectivity index is 3.59. The second-order valence-corrected chi connectivity index (χ2v) is 5.59. The van der Waals surface area contributed by atoms with Crippen molar-refractivity contribution in [2.45, 2.75) is 71.4 Å². The van der Waals surface area contributed by atoms with E-state index in [1.165, 1.54) is 0 Å². The SMILES string of the molecule is CCC[C@@H](C)NC(=O)NC(C)CCCCNC(=O)CCN. The van der Waals surface area contributed by atoms with Gasteiger partial charge in [-0.2, -0.15) is 0 Å². The van der Waals surface area contributed by atoms with Gasteiger partial charge < -0.3 is 21.7 Å². The normalized spacial score (nSPS) is 13.3. The van der Waals surface area contributed by atoms with Gasteiger partial charge in [0.25, 0.3) is 0 Å². The molecule has 124 valence electrons. The van der Waals surface area contributed by atoms with E-state index in [1.54, 1.807) is 0 Å². The molecule has 0 fully saturated rings. The largest absolute Gasteiger partial charge is 0.356 e. The van der Waals surface area contributed by atoms with Crippen molar-refractivity contribution < 1.29 is 9.59 Å². The first-order chi connectivity index (χ1) is 9.99. The lowest BCUT2D eigenvalue weighted by atomic mass is 10.1. The summed E-state index contributed by atoms with van der Waals surface area (Å²) >= 11 is 0. The molecule has 0 radical (unpaired) electrons. The fourth-order valence-electron chi connectivity index (χ4n) is 2.09. The van der Waals surface area contributed by atoms with E-state index in [9.17, 15) is 9.59 Å². The summed E-state index contributed by atoms with van der Waals surface area (Å²) < 4.78 is 0. The van der Waals surface area contributed by atoms with Crippen molar-refractivity contribution in [2.24, 2.45) is 5.73 Å². The lowest BCUT2D eigenvalue weighted by Gasteiger charge is -2.17. The molecule has 0 spiro atoms. The molecule has 0 aliphatic rings. The number of hydrogen-bond acceptors (Lipinski definition) is 3. The lowest BCUT2D eigenvalue weighted by molar-refractivity contribution is -0.120. The highest BCUT2D eigenvalue weighted by Crippen LogP contribution is 2.00. The predicted octanol–water partition coefficient (Wildman–Crippen LogP) is 1.50. The molecule has 0 aromatic rings. The van der Waals surface area contributed by atoms with Crippen LogP contribution >= 0.6 is 0 Å². The number of nitrogens with one attached hydrogen (secondary N) is 3. The first-order valence-electron chi connectivity index (χ1n) is 8.03. The van der Waals surface area contributed by atoms with Crippen LogP contribution in [0.4, 0.5) is 4.79 Å². The van der Waals surface area contributed by atoms with Gasteiger partial charge in [-0.25, -0.2) is 4.79 Å². The minimum Gasteiger partial charge on any atom is -0.356 e. The van der Waals surface area contributed by atoms with E-state index in [0.29, 0.717) is 19.5 Å². The average molecular weight is 300 g/mol. The first-order valence-corrected chi connectivity index (χ1v) is 8.03. The fraction of sp³-hybridized carbons (Fsp3) is 0.867. The zero-order valence-corrected chi connectivity index (χ0v) is 13.7. The van der Waals surface area contributed by atoms with Gasteiger partial charge in [-0.1, -0.05) is 13.3 Å². The summed E-state index contributed by atoms with van der Waals surface area (Å²) in [7, 11) is 0. The number of carbonyl (C=O) groups excluding carboxylic acids is 2. The number of carbonyl (C=O) groups is 2. The Morgan fingerprint density at radius 1 is 1.05 bits per heavy atom. The number of urea groups is 1. The van der Waals surface area contributed by atoms with Crippen molar-refractivity contribution in [3.05, 3.63) is 0 Å². The molecule has 0 heterocycles. The number of nitrogens with two attached hydrogens (primary N) is 1. The van der Waals surface area contributed by atoms with Crippen molar-refractivity contribution >= 4 is 11.9 Å². The highest BCUT2D eigenvalue weighted by Gasteiger charge is 2.09. The van der Waals surface area contributed by atoms with Gasteiger partial charge in [-0.15, -0.1) is 0 Å². The van der Waals surface area contributed by atoms with Crippen molar-refractivity contribution in [3.63, 3.8) is 0 Å². The maximum Gasteiger partial charge on any atom is 0.315 e. The van der Waals surface area contributed by atoms with Gasteiger partial charge in [-0.05, 0) is 39.5 Å². The molecular formula is C15H32N4O2. The van der Waals surface area contributed by atoms with Crippen LogP contribution in [0.5, 0.6) is 0 Å². The molecule has 0 bridgehead atoms. The monoisotopic (exact) mass is 300 g/mol. The molecule has 3 amide bonds. The van der Waals surface area contributed by atoms with Gasteiger partial charge in [-0.3, -0.25) is 4.79 Å². The number of hydrogen-bond donors (Lipinski definition) is 4. The lowest BCUT2D eigenvalue weighted by Crippen LogP contribution is -2.44. The maximum absolute atomic E-state index is 11.7. The Morgan fingerprint density at radius 2 is 1.67 bits per heavy atom. The van der Waals surface area contributed by atoms with E-state index in [-0.39, 0.29) is 24.0 Å². The molecule has 5 N–H and O–H groups in total. The zero-order valence-electron chi connectivity index (χ0n) is 13.7. The highest BCUT2D eigenvalue weighted by molar-refractivity contribution is 5.76. The molecule has 0 aliphatic carbocycles. The molecular weight excluding hydrogens is 268 g/mol. The summed E-state index contributed by atoms with van der Waals surface area (Å²) in [6.07, 6.45) is 5.22. The molecule has 0 aromatic carbocycles. The van der Waals surface area contributed by atoms with Crippen LogP contribution in [0, 0.1) is 0 Å². The van der Waals surface area contributed by atoms with Crippen LogP contribution < -0.4 is 21.7 Å². The third-order valence-corrected chi connectivity index (χ3v) is 3.23. The summed E-state index contributed by atoms with van der Waals surface area (Å²) in [5, 5.41) is 8.68. The predicted molar refractivity (Wildman–Crippen MR) is 86.0 cm³/mol. The smallest absolute Gasteiger partial charge is 0.315 e. The number of amides is 3. The summed E-state index contributed by atoms with van der Waals surface area (Å²) in [4.78, 5) is 22.9. The van der Waals surface area contributed by atoms with Crippen molar-refractivity contribution in [2.75, 3.05) is 13.1 Å². The van der Waals surface area contributed by atoms with Gasteiger partial charge in [0.15, 0.2) is 0 Å². The molecule has 6 nitrogen and oxygen atoms in total. The van der Waals surface area contributed by atoms with Crippen molar-refractivity contribution in [1.29, 1.82) is 0 Å². The molecule has 1 unspecified atom stereocenters. The molecule has 0 aromatic heterocycles. The quantitative estimate of drug-likeness (QED) is 0.435. The van der Waals surface area contributed by atoms with E-state index < -0.39 is 0 Å². The van der Waals surface area contributed by atoms with E-state index >= 15 is 0 Å². The second kappa shape index (κ2) is 12.4. The van der Waals surface area contributed by atoms with Crippen LogP contribution in [0.2, 0.25) is 0 Å². The van der Waals surface area contributed by atoms with Crippen LogP contribution in [-0.2, 0) is 4.79 Å². The van der Waals surface area contributed by atoms with Gasteiger partial charge in [0, 0.05) is 31.6 Å². The Labute approximate surface area is 128 Å². The third kappa shape index (κ3) is 12.2. The molecule has 0 rings (SSSR count). The molecule has 0 saturated carbocycles. The summed E-state index contributed by atoms with van der Waals surface area (Å²) in [6.45, 7) is 7.17. The zero-order chi connectivity index (χ0) is 16.1. The van der Waals surface area contributed by atoms with Crippen molar-refractivity contribution in [1.82, 2.24) is 16.0 Å².